The second-order valence-electron chi connectivity index (χ2n) is 3.42. The minimum Gasteiger partial charge on any atom is -0.379 e. The predicted molar refractivity (Wildman–Crippen MR) is 56.2 cm³/mol. The second-order valence-corrected chi connectivity index (χ2v) is 3.42. The number of nitrogens with zero attached hydrogens (tertiary/aromatic N) is 2. The van der Waals surface area contributed by atoms with Crippen molar-refractivity contribution in [3.05, 3.63) is 41.1 Å². The van der Waals surface area contributed by atoms with Gasteiger partial charge in [-0.1, -0.05) is 6.07 Å². The van der Waals surface area contributed by atoms with Crippen LogP contribution < -0.4 is 11.1 Å². The van der Waals surface area contributed by atoms with Crippen LogP contribution in [0.4, 0.5) is 14.6 Å². The van der Waals surface area contributed by atoms with Gasteiger partial charge in [-0.15, -0.1) is 0 Å². The van der Waals surface area contributed by atoms with Gasteiger partial charge in [0.1, 0.15) is 11.6 Å². The maximum atomic E-state index is 13.3. The van der Waals surface area contributed by atoms with E-state index in [-0.39, 0.29) is 23.6 Å². The number of rotatable bonds is 3. The number of halogens is 2. The Morgan fingerprint density at radius 3 is 2.78 bits per heavy atom. The summed E-state index contributed by atoms with van der Waals surface area (Å²) in [5.41, 5.74) is 5.26. The first-order valence-electron chi connectivity index (χ1n) is 4.88. The fourth-order valence-corrected chi connectivity index (χ4v) is 1.28. The number of nitrogens with two attached hydrogens (primary N) is 1. The van der Waals surface area contributed by atoms with E-state index in [2.05, 4.69) is 20.3 Å². The minimum absolute atomic E-state index is 0.128. The average Bonchev–Trinajstić information content (AvgIpc) is 2.74. The smallest absolute Gasteiger partial charge is 0.277 e. The molecule has 0 aliphatic rings. The molecule has 0 fully saturated rings. The average molecular weight is 254 g/mol. The van der Waals surface area contributed by atoms with Gasteiger partial charge in [0.2, 0.25) is 11.5 Å². The summed E-state index contributed by atoms with van der Waals surface area (Å²) in [5, 5.41) is 8.88. The number of anilines is 1. The molecule has 6 nitrogen and oxygen atoms in total. The summed E-state index contributed by atoms with van der Waals surface area (Å²) in [7, 11) is 0. The largest absolute Gasteiger partial charge is 0.379 e. The third-order valence-electron chi connectivity index (χ3n) is 2.18. The number of benzene rings is 1. The third kappa shape index (κ3) is 2.42. The molecule has 0 aliphatic heterocycles. The van der Waals surface area contributed by atoms with Crippen LogP contribution in [-0.4, -0.2) is 16.2 Å². The highest BCUT2D eigenvalue weighted by Crippen LogP contribution is 2.10. The Morgan fingerprint density at radius 1 is 1.39 bits per heavy atom. The van der Waals surface area contributed by atoms with Crippen molar-refractivity contribution >= 4 is 11.7 Å². The molecule has 0 aliphatic carbocycles. The van der Waals surface area contributed by atoms with E-state index >= 15 is 0 Å². The first-order chi connectivity index (χ1) is 8.58. The molecule has 1 heterocycles. The molecular weight excluding hydrogens is 246 g/mol. The van der Waals surface area contributed by atoms with Crippen molar-refractivity contribution in [3.8, 4) is 0 Å². The van der Waals surface area contributed by atoms with Crippen molar-refractivity contribution in [2.24, 2.45) is 0 Å². The van der Waals surface area contributed by atoms with Gasteiger partial charge in [0.25, 0.3) is 5.91 Å². The molecule has 18 heavy (non-hydrogen) atoms. The molecule has 0 saturated heterocycles. The fourth-order valence-electron chi connectivity index (χ4n) is 1.28. The molecule has 0 saturated carbocycles. The van der Waals surface area contributed by atoms with Crippen LogP contribution in [0.25, 0.3) is 0 Å². The van der Waals surface area contributed by atoms with Crippen molar-refractivity contribution in [3.63, 3.8) is 0 Å². The topological polar surface area (TPSA) is 94.0 Å². The molecule has 0 radical (unpaired) electrons. The molecule has 0 unspecified atom stereocenters. The van der Waals surface area contributed by atoms with Crippen LogP contribution in [0.3, 0.4) is 0 Å². The summed E-state index contributed by atoms with van der Waals surface area (Å²) >= 11 is 0. The van der Waals surface area contributed by atoms with E-state index in [0.717, 1.165) is 12.1 Å². The van der Waals surface area contributed by atoms with Crippen molar-refractivity contribution in [1.29, 1.82) is 0 Å². The van der Waals surface area contributed by atoms with Crippen LogP contribution in [0.15, 0.2) is 22.8 Å². The number of amides is 1. The van der Waals surface area contributed by atoms with Crippen LogP contribution in [0, 0.1) is 11.6 Å². The van der Waals surface area contributed by atoms with Gasteiger partial charge in [0.15, 0.2) is 0 Å². The summed E-state index contributed by atoms with van der Waals surface area (Å²) in [6.07, 6.45) is 0. The molecular formula is C10H8F2N4O2. The molecule has 3 N–H and O–H groups in total. The summed E-state index contributed by atoms with van der Waals surface area (Å²) in [5.74, 6) is -2.25. The third-order valence-corrected chi connectivity index (χ3v) is 2.18. The molecule has 0 spiro atoms. The van der Waals surface area contributed by atoms with Gasteiger partial charge >= 0.3 is 0 Å². The summed E-state index contributed by atoms with van der Waals surface area (Å²) < 4.78 is 30.2. The van der Waals surface area contributed by atoms with E-state index in [1.807, 2.05) is 0 Å². The number of hydrogen-bond donors (Lipinski definition) is 2. The van der Waals surface area contributed by atoms with Gasteiger partial charge in [-0.2, -0.15) is 0 Å². The lowest BCUT2D eigenvalue weighted by molar-refractivity contribution is 0.0941. The molecule has 1 aromatic heterocycles. The van der Waals surface area contributed by atoms with E-state index in [9.17, 15) is 13.6 Å². The molecule has 8 heteroatoms. The van der Waals surface area contributed by atoms with Gasteiger partial charge < -0.3 is 11.1 Å². The van der Waals surface area contributed by atoms with Gasteiger partial charge in [-0.05, 0) is 16.4 Å². The maximum Gasteiger partial charge on any atom is 0.277 e. The Morgan fingerprint density at radius 2 is 2.17 bits per heavy atom. The zero-order chi connectivity index (χ0) is 13.1. The highest BCUT2D eigenvalue weighted by atomic mass is 19.1. The highest BCUT2D eigenvalue weighted by Gasteiger charge is 2.16. The Labute approximate surface area is 99.7 Å². The SMILES string of the molecule is Nc1nonc1C(=O)NCc1ccc(F)cc1F. The first-order valence-corrected chi connectivity index (χ1v) is 4.88. The quantitative estimate of drug-likeness (QED) is 0.847. The Bertz CT molecular complexity index is 585. The number of carbonyl (C=O) groups excluding carboxylic acids is 1. The summed E-state index contributed by atoms with van der Waals surface area (Å²) in [4.78, 5) is 11.5. The second kappa shape index (κ2) is 4.78. The van der Waals surface area contributed by atoms with Crippen LogP contribution >= 0.6 is 0 Å². The van der Waals surface area contributed by atoms with E-state index < -0.39 is 17.5 Å². The van der Waals surface area contributed by atoms with E-state index in [1.165, 1.54) is 6.07 Å². The Balaban J connectivity index is 2.04. The molecule has 0 atom stereocenters. The van der Waals surface area contributed by atoms with Crippen molar-refractivity contribution in [2.45, 2.75) is 6.54 Å². The van der Waals surface area contributed by atoms with Gasteiger partial charge in [0.05, 0.1) is 0 Å². The maximum absolute atomic E-state index is 13.3. The van der Waals surface area contributed by atoms with E-state index in [1.54, 1.807) is 0 Å². The van der Waals surface area contributed by atoms with Crippen LogP contribution in [-0.2, 0) is 6.54 Å². The van der Waals surface area contributed by atoms with E-state index in [4.69, 9.17) is 5.73 Å². The number of nitrogen functional groups attached to an aromatic ring is 1. The molecule has 94 valence electrons. The zero-order valence-electron chi connectivity index (χ0n) is 8.98. The molecule has 1 aromatic carbocycles. The predicted octanol–water partition coefficient (Wildman–Crippen LogP) is 0.860. The number of carbonyl (C=O) groups is 1. The summed E-state index contributed by atoms with van der Waals surface area (Å²) in [6, 6.07) is 3.06. The van der Waals surface area contributed by atoms with Crippen LogP contribution in [0.5, 0.6) is 0 Å². The lowest BCUT2D eigenvalue weighted by Gasteiger charge is -2.04. The van der Waals surface area contributed by atoms with Crippen molar-refractivity contribution in [2.75, 3.05) is 5.73 Å². The van der Waals surface area contributed by atoms with Crippen molar-refractivity contribution in [1.82, 2.24) is 15.6 Å². The minimum atomic E-state index is -0.749. The fraction of sp³-hybridized carbons (Fsp3) is 0.100. The summed E-state index contributed by atoms with van der Waals surface area (Å²) in [6.45, 7) is -0.128. The molecule has 1 amide bonds. The first kappa shape index (κ1) is 12.0. The normalized spacial score (nSPS) is 10.3. The standard InChI is InChI=1S/C10H8F2N4O2/c11-6-2-1-5(7(12)3-6)4-14-10(17)8-9(13)16-18-15-8/h1-3H,4H2,(H2,13,16)(H,14,17). The molecule has 2 rings (SSSR count). The van der Waals surface area contributed by atoms with Crippen molar-refractivity contribution < 1.29 is 18.2 Å². The highest BCUT2D eigenvalue weighted by molar-refractivity contribution is 5.95. The Hall–Kier alpha value is -2.51. The molecule has 2 aromatic rings. The number of nitrogens with one attached hydrogen (secondary N) is 1. The lowest BCUT2D eigenvalue weighted by atomic mass is 10.2. The van der Waals surface area contributed by atoms with E-state index in [0.29, 0.717) is 0 Å². The molecule has 0 bridgehead atoms. The van der Waals surface area contributed by atoms with Gasteiger partial charge in [0, 0.05) is 18.2 Å². The number of hydrogen-bond acceptors (Lipinski definition) is 5. The zero-order valence-corrected chi connectivity index (χ0v) is 8.98. The Kier molecular flexibility index (Phi) is 3.18. The van der Waals surface area contributed by atoms with Crippen LogP contribution in [0.2, 0.25) is 0 Å². The van der Waals surface area contributed by atoms with Gasteiger partial charge in [-0.3, -0.25) is 4.79 Å². The van der Waals surface area contributed by atoms with Gasteiger partial charge in [-0.25, -0.2) is 13.4 Å². The van der Waals surface area contributed by atoms with Crippen LogP contribution in [0.1, 0.15) is 16.1 Å². The lowest BCUT2D eigenvalue weighted by Crippen LogP contribution is -2.24. The number of aromatic nitrogens is 2. The monoisotopic (exact) mass is 254 g/mol.